The molecule has 3 N–H and O–H groups in total. The van der Waals surface area contributed by atoms with E-state index in [1.54, 1.807) is 24.3 Å². The lowest BCUT2D eigenvalue weighted by Crippen LogP contribution is -2.34. The van der Waals surface area contributed by atoms with Gasteiger partial charge in [0.25, 0.3) is 5.91 Å². The number of carboxylic acids is 1. The summed E-state index contributed by atoms with van der Waals surface area (Å²) in [5.41, 5.74) is 1.96. The van der Waals surface area contributed by atoms with Gasteiger partial charge in [-0.15, -0.1) is 0 Å². The number of amides is 2. The van der Waals surface area contributed by atoms with Crippen molar-refractivity contribution in [3.05, 3.63) is 41.5 Å². The Morgan fingerprint density at radius 2 is 1.91 bits per heavy atom. The van der Waals surface area contributed by atoms with Gasteiger partial charge in [0.2, 0.25) is 5.91 Å². The van der Waals surface area contributed by atoms with Crippen molar-refractivity contribution in [2.75, 3.05) is 5.32 Å². The van der Waals surface area contributed by atoms with E-state index in [9.17, 15) is 19.5 Å². The fourth-order valence-electron chi connectivity index (χ4n) is 2.90. The molecule has 6 heteroatoms. The van der Waals surface area contributed by atoms with Crippen molar-refractivity contribution in [1.82, 2.24) is 5.32 Å². The largest absolute Gasteiger partial charge is 0.481 e. The van der Waals surface area contributed by atoms with Gasteiger partial charge in [-0.25, -0.2) is 0 Å². The van der Waals surface area contributed by atoms with E-state index in [0.29, 0.717) is 30.6 Å². The molecule has 1 aromatic rings. The average molecular weight is 300 g/mol. The van der Waals surface area contributed by atoms with Gasteiger partial charge in [-0.3, -0.25) is 14.4 Å². The molecule has 0 aromatic heterocycles. The molecule has 1 aromatic carbocycles. The number of benzene rings is 1. The van der Waals surface area contributed by atoms with Crippen LogP contribution in [0.15, 0.2) is 30.4 Å². The number of carboxylic acid groups (broad SMARTS) is 1. The Bertz CT molecular complexity index is 681. The van der Waals surface area contributed by atoms with Gasteiger partial charge in [-0.2, -0.15) is 0 Å². The van der Waals surface area contributed by atoms with Crippen LogP contribution < -0.4 is 10.6 Å². The van der Waals surface area contributed by atoms with Crippen LogP contribution >= 0.6 is 0 Å². The van der Waals surface area contributed by atoms with Gasteiger partial charge in [0, 0.05) is 17.8 Å². The van der Waals surface area contributed by atoms with Gasteiger partial charge in [0.15, 0.2) is 0 Å². The maximum atomic E-state index is 12.4. The zero-order valence-electron chi connectivity index (χ0n) is 11.8. The van der Waals surface area contributed by atoms with Crippen LogP contribution in [0.1, 0.15) is 28.8 Å². The number of hydrogen-bond acceptors (Lipinski definition) is 3. The number of carbonyl (C=O) groups excluding carboxylic acids is 2. The van der Waals surface area contributed by atoms with Crippen molar-refractivity contribution in [1.29, 1.82) is 0 Å². The molecule has 0 saturated carbocycles. The molecule has 1 heterocycles. The van der Waals surface area contributed by atoms with Crippen molar-refractivity contribution >= 4 is 23.5 Å². The molecule has 0 radical (unpaired) electrons. The van der Waals surface area contributed by atoms with Crippen LogP contribution in [0, 0.1) is 11.8 Å². The molecule has 2 atom stereocenters. The van der Waals surface area contributed by atoms with E-state index in [2.05, 4.69) is 10.6 Å². The normalized spacial score (nSPS) is 22.8. The number of rotatable bonds is 3. The van der Waals surface area contributed by atoms with E-state index in [-0.39, 0.29) is 11.8 Å². The van der Waals surface area contributed by atoms with Crippen molar-refractivity contribution in [3.63, 3.8) is 0 Å². The standard InChI is InChI=1S/C16H16N2O4/c19-14-13-7-10(6-5-9(13)8-17-14)18-15(20)11-3-1-2-4-12(11)16(21)22/h1-2,5-7,11-12H,3-4,8H2,(H,17,19)(H,18,20)(H,21,22)/t11-,12+/m1/s1. The fraction of sp³-hybridized carbons (Fsp3) is 0.312. The highest BCUT2D eigenvalue weighted by molar-refractivity contribution is 6.01. The summed E-state index contributed by atoms with van der Waals surface area (Å²) in [4.78, 5) is 35.2. The van der Waals surface area contributed by atoms with Gasteiger partial charge in [0.05, 0.1) is 11.8 Å². The molecule has 0 fully saturated rings. The summed E-state index contributed by atoms with van der Waals surface area (Å²) in [5, 5.41) is 14.7. The van der Waals surface area contributed by atoms with Crippen molar-refractivity contribution in [2.24, 2.45) is 11.8 Å². The van der Waals surface area contributed by atoms with E-state index in [1.807, 2.05) is 6.08 Å². The van der Waals surface area contributed by atoms with Crippen molar-refractivity contribution < 1.29 is 19.5 Å². The Balaban J connectivity index is 1.77. The fourth-order valence-corrected chi connectivity index (χ4v) is 2.90. The first-order chi connectivity index (χ1) is 10.6. The molecule has 0 unspecified atom stereocenters. The lowest BCUT2D eigenvalue weighted by Gasteiger charge is -2.24. The Kier molecular flexibility index (Phi) is 3.66. The average Bonchev–Trinajstić information content (AvgIpc) is 2.88. The zero-order chi connectivity index (χ0) is 15.7. The lowest BCUT2D eigenvalue weighted by molar-refractivity contribution is -0.146. The number of carbonyl (C=O) groups is 3. The second kappa shape index (κ2) is 5.63. The smallest absolute Gasteiger partial charge is 0.307 e. The van der Waals surface area contributed by atoms with Crippen LogP contribution in [-0.4, -0.2) is 22.9 Å². The quantitative estimate of drug-likeness (QED) is 0.738. The van der Waals surface area contributed by atoms with E-state index in [4.69, 9.17) is 0 Å². The number of allylic oxidation sites excluding steroid dienone is 2. The Morgan fingerprint density at radius 3 is 2.64 bits per heavy atom. The number of anilines is 1. The molecule has 6 nitrogen and oxygen atoms in total. The monoisotopic (exact) mass is 300 g/mol. The van der Waals surface area contributed by atoms with Crippen LogP contribution in [0.25, 0.3) is 0 Å². The predicted molar refractivity (Wildman–Crippen MR) is 79.2 cm³/mol. The first-order valence-electron chi connectivity index (χ1n) is 7.16. The van der Waals surface area contributed by atoms with Crippen LogP contribution in [0.2, 0.25) is 0 Å². The van der Waals surface area contributed by atoms with Gasteiger partial charge < -0.3 is 15.7 Å². The van der Waals surface area contributed by atoms with Gasteiger partial charge >= 0.3 is 5.97 Å². The molecule has 2 aliphatic rings. The molecule has 0 bridgehead atoms. The van der Waals surface area contributed by atoms with E-state index in [0.717, 1.165) is 5.56 Å². The minimum Gasteiger partial charge on any atom is -0.481 e. The van der Waals surface area contributed by atoms with Crippen LogP contribution in [0.5, 0.6) is 0 Å². The van der Waals surface area contributed by atoms with E-state index < -0.39 is 17.8 Å². The topological polar surface area (TPSA) is 95.5 Å². The first-order valence-corrected chi connectivity index (χ1v) is 7.16. The Morgan fingerprint density at radius 1 is 1.18 bits per heavy atom. The Hall–Kier alpha value is -2.63. The van der Waals surface area contributed by atoms with E-state index >= 15 is 0 Å². The summed E-state index contributed by atoms with van der Waals surface area (Å²) >= 11 is 0. The summed E-state index contributed by atoms with van der Waals surface area (Å²) in [6.45, 7) is 0.497. The van der Waals surface area contributed by atoms with Gasteiger partial charge in [-0.05, 0) is 30.5 Å². The molecule has 114 valence electrons. The minimum atomic E-state index is -0.960. The molecule has 1 aliphatic carbocycles. The highest BCUT2D eigenvalue weighted by atomic mass is 16.4. The molecule has 1 aliphatic heterocycles. The third-order valence-corrected chi connectivity index (χ3v) is 4.15. The molecule has 0 saturated heterocycles. The minimum absolute atomic E-state index is 0.157. The van der Waals surface area contributed by atoms with Crippen molar-refractivity contribution in [3.8, 4) is 0 Å². The molecular formula is C16H16N2O4. The summed E-state index contributed by atoms with van der Waals surface area (Å²) < 4.78 is 0. The number of nitrogens with one attached hydrogen (secondary N) is 2. The zero-order valence-corrected chi connectivity index (χ0v) is 11.8. The maximum Gasteiger partial charge on any atom is 0.307 e. The van der Waals surface area contributed by atoms with Crippen LogP contribution in [0.4, 0.5) is 5.69 Å². The number of hydrogen-bond donors (Lipinski definition) is 3. The summed E-state index contributed by atoms with van der Waals surface area (Å²) in [6, 6.07) is 5.15. The SMILES string of the molecule is O=C1NCc2ccc(NC(=O)[C@@H]3CC=CC[C@@H]3C(=O)O)cc21. The predicted octanol–water partition coefficient (Wildman–Crippen LogP) is 1.54. The lowest BCUT2D eigenvalue weighted by atomic mass is 9.82. The third kappa shape index (κ3) is 2.59. The summed E-state index contributed by atoms with van der Waals surface area (Å²) in [5.74, 6) is -2.74. The number of fused-ring (bicyclic) bond motifs is 1. The van der Waals surface area contributed by atoms with Gasteiger partial charge in [0.1, 0.15) is 0 Å². The second-order valence-electron chi connectivity index (χ2n) is 5.54. The maximum absolute atomic E-state index is 12.4. The van der Waals surface area contributed by atoms with Crippen LogP contribution in [-0.2, 0) is 16.1 Å². The molecular weight excluding hydrogens is 284 g/mol. The third-order valence-electron chi connectivity index (χ3n) is 4.15. The molecule has 22 heavy (non-hydrogen) atoms. The molecule has 0 spiro atoms. The first kappa shape index (κ1) is 14.3. The van der Waals surface area contributed by atoms with Gasteiger partial charge in [-0.1, -0.05) is 18.2 Å². The highest BCUT2D eigenvalue weighted by Crippen LogP contribution is 2.28. The summed E-state index contributed by atoms with van der Waals surface area (Å²) in [6.07, 6.45) is 4.40. The second-order valence-corrected chi connectivity index (χ2v) is 5.54. The molecule has 3 rings (SSSR count). The molecule has 2 amide bonds. The summed E-state index contributed by atoms with van der Waals surface area (Å²) in [7, 11) is 0. The highest BCUT2D eigenvalue weighted by Gasteiger charge is 2.34. The van der Waals surface area contributed by atoms with Crippen LogP contribution in [0.3, 0.4) is 0 Å². The number of aliphatic carboxylic acids is 1. The van der Waals surface area contributed by atoms with Crippen molar-refractivity contribution in [2.45, 2.75) is 19.4 Å². The Labute approximate surface area is 127 Å². The van der Waals surface area contributed by atoms with E-state index in [1.165, 1.54) is 0 Å².